The van der Waals surface area contributed by atoms with Crippen molar-refractivity contribution < 1.29 is 17.9 Å². The Bertz CT molecular complexity index is 383. The normalized spacial score (nSPS) is 17.5. The quantitative estimate of drug-likeness (QED) is 0.657. The van der Waals surface area contributed by atoms with Crippen LogP contribution in [0.3, 0.4) is 0 Å². The third kappa shape index (κ3) is 7.39. The molecule has 1 aliphatic rings. The average molecular weight is 330 g/mol. The van der Waals surface area contributed by atoms with Gasteiger partial charge in [-0.15, -0.1) is 12.4 Å². The van der Waals surface area contributed by atoms with Gasteiger partial charge in [0.05, 0.1) is 6.26 Å². The molecule has 0 saturated carbocycles. The molecule has 1 saturated heterocycles. The van der Waals surface area contributed by atoms with Crippen LogP contribution in [0.25, 0.3) is 0 Å². The zero-order valence-electron chi connectivity index (χ0n) is 12.0. The molecule has 1 amide bonds. The maximum atomic E-state index is 11.3. The molecule has 20 heavy (non-hydrogen) atoms. The molecule has 0 aliphatic carbocycles. The smallest absolute Gasteiger partial charge is 0.246 e. The third-order valence-electron chi connectivity index (χ3n) is 2.99. The second-order valence-electron chi connectivity index (χ2n) is 4.49. The van der Waals surface area contributed by atoms with E-state index >= 15 is 0 Å². The highest BCUT2D eigenvalue weighted by Gasteiger charge is 2.22. The highest BCUT2D eigenvalue weighted by Crippen LogP contribution is 2.04. The topological polar surface area (TPSA) is 79.0 Å². The average Bonchev–Trinajstić information content (AvgIpc) is 2.36. The van der Waals surface area contributed by atoms with E-state index in [0.717, 1.165) is 6.54 Å². The number of ether oxygens (including phenoxy) is 1. The minimum Gasteiger partial charge on any atom is -0.372 e. The largest absolute Gasteiger partial charge is 0.372 e. The fourth-order valence-corrected chi connectivity index (χ4v) is 2.71. The summed E-state index contributed by atoms with van der Waals surface area (Å²) in [6.07, 6.45) is 1.23. The lowest BCUT2D eigenvalue weighted by Crippen LogP contribution is -2.50. The van der Waals surface area contributed by atoms with Crippen LogP contribution in [0, 0.1) is 0 Å². The molecule has 1 N–H and O–H groups in total. The molecular weight excluding hydrogens is 306 g/mol. The highest BCUT2D eigenvalue weighted by atomic mass is 35.5. The summed E-state index contributed by atoms with van der Waals surface area (Å²) < 4.78 is 29.1. The molecule has 9 heteroatoms. The van der Waals surface area contributed by atoms with Gasteiger partial charge in [0.25, 0.3) is 0 Å². The standard InChI is InChI=1S/C11H23N3O4S.ClH/c1-3-18-10-11(15)12-4-5-13-6-8-14(9-7-13)19(2,16)17;/h3-10H2,1-2H3,(H,12,15);1H. The van der Waals surface area contributed by atoms with Gasteiger partial charge in [-0.2, -0.15) is 4.31 Å². The number of hydrogen-bond acceptors (Lipinski definition) is 5. The number of amides is 1. The number of carbonyl (C=O) groups is 1. The maximum Gasteiger partial charge on any atom is 0.246 e. The summed E-state index contributed by atoms with van der Waals surface area (Å²) in [6, 6.07) is 0. The Morgan fingerprint density at radius 1 is 1.25 bits per heavy atom. The molecule has 0 bridgehead atoms. The fraction of sp³-hybridized carbons (Fsp3) is 0.909. The van der Waals surface area contributed by atoms with E-state index in [4.69, 9.17) is 4.74 Å². The van der Waals surface area contributed by atoms with Gasteiger partial charge in [-0.25, -0.2) is 8.42 Å². The van der Waals surface area contributed by atoms with Crippen molar-refractivity contribution in [1.29, 1.82) is 0 Å². The zero-order valence-corrected chi connectivity index (χ0v) is 13.6. The molecule has 0 unspecified atom stereocenters. The number of hydrogen-bond donors (Lipinski definition) is 1. The van der Waals surface area contributed by atoms with Gasteiger partial charge in [0.1, 0.15) is 6.61 Å². The third-order valence-corrected chi connectivity index (χ3v) is 4.29. The Kier molecular flexibility index (Phi) is 9.32. The molecule has 1 rings (SSSR count). The first-order valence-corrected chi connectivity index (χ1v) is 8.30. The first kappa shape index (κ1) is 19.6. The summed E-state index contributed by atoms with van der Waals surface area (Å²) >= 11 is 0. The Morgan fingerprint density at radius 2 is 1.85 bits per heavy atom. The Morgan fingerprint density at radius 3 is 2.35 bits per heavy atom. The molecule has 1 heterocycles. The number of halogens is 1. The summed E-state index contributed by atoms with van der Waals surface area (Å²) in [5.41, 5.74) is 0. The monoisotopic (exact) mass is 329 g/mol. The van der Waals surface area contributed by atoms with Crippen LogP contribution >= 0.6 is 12.4 Å². The predicted molar refractivity (Wildman–Crippen MR) is 79.6 cm³/mol. The van der Waals surface area contributed by atoms with E-state index in [1.54, 1.807) is 0 Å². The Labute approximate surface area is 127 Å². The molecule has 120 valence electrons. The highest BCUT2D eigenvalue weighted by molar-refractivity contribution is 7.88. The van der Waals surface area contributed by atoms with Crippen molar-refractivity contribution in [2.75, 3.05) is 58.7 Å². The fourth-order valence-electron chi connectivity index (χ4n) is 1.88. The van der Waals surface area contributed by atoms with E-state index in [2.05, 4.69) is 10.2 Å². The van der Waals surface area contributed by atoms with Gasteiger partial charge in [0.15, 0.2) is 0 Å². The van der Waals surface area contributed by atoms with Crippen LogP contribution < -0.4 is 5.32 Å². The van der Waals surface area contributed by atoms with E-state index in [9.17, 15) is 13.2 Å². The van der Waals surface area contributed by atoms with E-state index in [0.29, 0.717) is 39.3 Å². The number of sulfonamides is 1. The summed E-state index contributed by atoms with van der Waals surface area (Å²) in [5.74, 6) is -0.114. The molecule has 0 aromatic carbocycles. The summed E-state index contributed by atoms with van der Waals surface area (Å²) in [4.78, 5) is 13.4. The van der Waals surface area contributed by atoms with Crippen molar-refractivity contribution >= 4 is 28.3 Å². The van der Waals surface area contributed by atoms with E-state index in [1.165, 1.54) is 10.6 Å². The van der Waals surface area contributed by atoms with E-state index in [1.807, 2.05) is 6.92 Å². The van der Waals surface area contributed by atoms with Crippen LogP contribution in [0.15, 0.2) is 0 Å². The van der Waals surface area contributed by atoms with Gasteiger partial charge in [-0.05, 0) is 6.92 Å². The van der Waals surface area contributed by atoms with E-state index in [-0.39, 0.29) is 24.9 Å². The van der Waals surface area contributed by atoms with Crippen LogP contribution in [0.4, 0.5) is 0 Å². The second kappa shape index (κ2) is 9.51. The summed E-state index contributed by atoms with van der Waals surface area (Å²) in [5, 5.41) is 2.77. The van der Waals surface area contributed by atoms with Gasteiger partial charge in [-0.3, -0.25) is 9.69 Å². The van der Waals surface area contributed by atoms with Gasteiger partial charge in [-0.1, -0.05) is 0 Å². The molecule has 0 atom stereocenters. The van der Waals surface area contributed by atoms with Crippen LogP contribution in [0.2, 0.25) is 0 Å². The molecule has 7 nitrogen and oxygen atoms in total. The Hall–Kier alpha value is -0.410. The lowest BCUT2D eigenvalue weighted by Gasteiger charge is -2.33. The van der Waals surface area contributed by atoms with Crippen molar-refractivity contribution in [2.45, 2.75) is 6.92 Å². The Balaban J connectivity index is 0.00000361. The lowest BCUT2D eigenvalue weighted by molar-refractivity contribution is -0.125. The van der Waals surface area contributed by atoms with Crippen molar-refractivity contribution in [3.8, 4) is 0 Å². The van der Waals surface area contributed by atoms with Crippen LogP contribution in [-0.4, -0.2) is 82.3 Å². The van der Waals surface area contributed by atoms with Crippen molar-refractivity contribution in [3.05, 3.63) is 0 Å². The first-order chi connectivity index (χ1) is 8.93. The van der Waals surface area contributed by atoms with Gasteiger partial charge >= 0.3 is 0 Å². The molecule has 1 fully saturated rings. The lowest BCUT2D eigenvalue weighted by atomic mass is 10.3. The number of rotatable bonds is 7. The number of piperazine rings is 1. The van der Waals surface area contributed by atoms with Gasteiger partial charge < -0.3 is 10.1 Å². The zero-order chi connectivity index (χ0) is 14.3. The molecule has 0 aromatic heterocycles. The number of nitrogens with one attached hydrogen (secondary N) is 1. The van der Waals surface area contributed by atoms with Crippen LogP contribution in [0.5, 0.6) is 0 Å². The SMILES string of the molecule is CCOCC(=O)NCCN1CCN(S(C)(=O)=O)CC1.Cl. The first-order valence-electron chi connectivity index (χ1n) is 6.45. The summed E-state index contributed by atoms with van der Waals surface area (Å²) in [7, 11) is -3.07. The number of carbonyl (C=O) groups excluding carboxylic acids is 1. The minimum absolute atomic E-state index is 0. The van der Waals surface area contributed by atoms with Gasteiger partial charge in [0.2, 0.25) is 15.9 Å². The maximum absolute atomic E-state index is 11.3. The van der Waals surface area contributed by atoms with Crippen molar-refractivity contribution in [3.63, 3.8) is 0 Å². The molecular formula is C11H24ClN3O4S. The molecule has 1 aliphatic heterocycles. The van der Waals surface area contributed by atoms with E-state index < -0.39 is 10.0 Å². The van der Waals surface area contributed by atoms with Crippen LogP contribution in [0.1, 0.15) is 6.92 Å². The molecule has 0 spiro atoms. The summed E-state index contributed by atoms with van der Waals surface area (Å²) in [6.45, 7) is 6.20. The second-order valence-corrected chi connectivity index (χ2v) is 6.47. The molecule has 0 aromatic rings. The number of nitrogens with zero attached hydrogens (tertiary/aromatic N) is 2. The van der Waals surface area contributed by atoms with Crippen LogP contribution in [-0.2, 0) is 19.6 Å². The predicted octanol–water partition coefficient (Wildman–Crippen LogP) is -0.862. The van der Waals surface area contributed by atoms with Crippen molar-refractivity contribution in [1.82, 2.24) is 14.5 Å². The van der Waals surface area contributed by atoms with Gasteiger partial charge in [0, 0.05) is 45.9 Å². The van der Waals surface area contributed by atoms with Crippen molar-refractivity contribution in [2.24, 2.45) is 0 Å². The molecule has 0 radical (unpaired) electrons. The minimum atomic E-state index is -3.07.